The van der Waals surface area contributed by atoms with Crippen LogP contribution < -0.4 is 15.5 Å². The molecule has 0 unspecified atom stereocenters. The van der Waals surface area contributed by atoms with Crippen LogP contribution in [0.2, 0.25) is 0 Å². The highest BCUT2D eigenvalue weighted by Gasteiger charge is 2.26. The summed E-state index contributed by atoms with van der Waals surface area (Å²) < 4.78 is 5.05. The Morgan fingerprint density at radius 2 is 1.76 bits per heavy atom. The van der Waals surface area contributed by atoms with E-state index in [1.54, 1.807) is 36.1 Å². The Bertz CT molecular complexity index is 1220. The summed E-state index contributed by atoms with van der Waals surface area (Å²) in [5, 5.41) is 5.52. The van der Waals surface area contributed by atoms with Crippen molar-refractivity contribution in [1.29, 1.82) is 0 Å². The van der Waals surface area contributed by atoms with Crippen LogP contribution in [-0.2, 0) is 17.7 Å². The number of fused-ring (bicyclic) bond motifs is 1. The van der Waals surface area contributed by atoms with E-state index in [1.807, 2.05) is 49.4 Å². The zero-order valence-corrected chi connectivity index (χ0v) is 19.3. The maximum absolute atomic E-state index is 13.0. The van der Waals surface area contributed by atoms with E-state index in [4.69, 9.17) is 4.74 Å². The third-order valence-corrected chi connectivity index (χ3v) is 5.71. The Balaban J connectivity index is 1.42. The van der Waals surface area contributed by atoms with E-state index < -0.39 is 12.0 Å². The van der Waals surface area contributed by atoms with Crippen molar-refractivity contribution in [3.63, 3.8) is 0 Å². The van der Waals surface area contributed by atoms with Crippen LogP contribution in [0.3, 0.4) is 0 Å². The standard InChI is InChI=1S/C27H27N3O4/c1-3-34-26(32)22-6-4-5-7-23(22)29-27(33)28-17-19-10-13-20-14-15-30(24(20)16-19)25(31)21-11-8-18(2)9-12-21/h4-13,16H,3,14-15,17H2,1-2H3,(H2,28,29,33). The lowest BCUT2D eigenvalue weighted by molar-refractivity contribution is 0.0527. The monoisotopic (exact) mass is 457 g/mol. The second-order valence-corrected chi connectivity index (χ2v) is 8.11. The van der Waals surface area contributed by atoms with Gasteiger partial charge in [-0.15, -0.1) is 0 Å². The number of para-hydroxylation sites is 1. The Labute approximate surface area is 198 Å². The van der Waals surface area contributed by atoms with Crippen molar-refractivity contribution >= 4 is 29.3 Å². The molecule has 0 aromatic heterocycles. The normalized spacial score (nSPS) is 12.1. The molecular weight excluding hydrogens is 430 g/mol. The van der Waals surface area contributed by atoms with Gasteiger partial charge in [0, 0.05) is 24.3 Å². The number of esters is 1. The number of rotatable bonds is 6. The Hall–Kier alpha value is -4.13. The van der Waals surface area contributed by atoms with E-state index in [0.717, 1.165) is 28.8 Å². The number of carbonyl (C=O) groups excluding carboxylic acids is 3. The van der Waals surface area contributed by atoms with Gasteiger partial charge >= 0.3 is 12.0 Å². The molecule has 1 aliphatic rings. The average molecular weight is 458 g/mol. The number of amides is 3. The van der Waals surface area contributed by atoms with Gasteiger partial charge in [-0.05, 0) is 61.7 Å². The molecule has 3 aromatic rings. The molecule has 0 atom stereocenters. The molecule has 1 aliphatic heterocycles. The predicted molar refractivity (Wildman–Crippen MR) is 131 cm³/mol. The van der Waals surface area contributed by atoms with Gasteiger partial charge in [0.1, 0.15) is 0 Å². The van der Waals surface area contributed by atoms with Gasteiger partial charge in [-0.2, -0.15) is 0 Å². The number of ether oxygens (including phenoxy) is 1. The molecular formula is C27H27N3O4. The Morgan fingerprint density at radius 3 is 2.53 bits per heavy atom. The van der Waals surface area contributed by atoms with Gasteiger partial charge in [0.2, 0.25) is 0 Å². The Kier molecular flexibility index (Phi) is 6.92. The van der Waals surface area contributed by atoms with E-state index in [9.17, 15) is 14.4 Å². The van der Waals surface area contributed by atoms with Crippen molar-refractivity contribution in [2.24, 2.45) is 0 Å². The quantitative estimate of drug-likeness (QED) is 0.526. The predicted octanol–water partition coefficient (Wildman–Crippen LogP) is 4.70. The average Bonchev–Trinajstić information content (AvgIpc) is 3.26. The second kappa shape index (κ2) is 10.2. The van der Waals surface area contributed by atoms with E-state index in [0.29, 0.717) is 23.4 Å². The molecule has 1 heterocycles. The fourth-order valence-electron chi connectivity index (χ4n) is 3.93. The van der Waals surface area contributed by atoms with E-state index in [1.165, 1.54) is 0 Å². The minimum Gasteiger partial charge on any atom is -0.462 e. The van der Waals surface area contributed by atoms with Crippen molar-refractivity contribution in [2.75, 3.05) is 23.4 Å². The number of urea groups is 1. The fraction of sp³-hybridized carbons (Fsp3) is 0.222. The first kappa shape index (κ1) is 23.0. The summed E-state index contributed by atoms with van der Waals surface area (Å²) in [6.45, 7) is 4.87. The van der Waals surface area contributed by atoms with Crippen molar-refractivity contribution in [3.8, 4) is 0 Å². The molecule has 4 rings (SSSR count). The van der Waals surface area contributed by atoms with Gasteiger partial charge in [0.05, 0.1) is 17.9 Å². The zero-order valence-electron chi connectivity index (χ0n) is 19.3. The molecule has 0 saturated carbocycles. The Morgan fingerprint density at radius 1 is 1.00 bits per heavy atom. The van der Waals surface area contributed by atoms with Crippen LogP contribution >= 0.6 is 0 Å². The minimum absolute atomic E-state index is 0.0304. The smallest absolute Gasteiger partial charge is 0.340 e. The molecule has 2 N–H and O–H groups in total. The largest absolute Gasteiger partial charge is 0.462 e. The summed E-state index contributed by atoms with van der Waals surface area (Å²) in [5.74, 6) is -0.521. The molecule has 0 saturated heterocycles. The first-order valence-electron chi connectivity index (χ1n) is 11.3. The lowest BCUT2D eigenvalue weighted by atomic mass is 10.1. The summed E-state index contributed by atoms with van der Waals surface area (Å²) in [6.07, 6.45) is 0.797. The van der Waals surface area contributed by atoms with E-state index in [2.05, 4.69) is 10.6 Å². The summed E-state index contributed by atoms with van der Waals surface area (Å²) in [6, 6.07) is 19.7. The molecule has 174 valence electrons. The molecule has 3 aromatic carbocycles. The van der Waals surface area contributed by atoms with Crippen LogP contribution in [0.4, 0.5) is 16.2 Å². The van der Waals surface area contributed by atoms with Crippen LogP contribution in [0.1, 0.15) is 44.3 Å². The maximum atomic E-state index is 13.0. The van der Waals surface area contributed by atoms with Crippen molar-refractivity contribution in [2.45, 2.75) is 26.8 Å². The molecule has 7 nitrogen and oxygen atoms in total. The fourth-order valence-corrected chi connectivity index (χ4v) is 3.93. The van der Waals surface area contributed by atoms with Crippen molar-refractivity contribution < 1.29 is 19.1 Å². The third kappa shape index (κ3) is 5.09. The highest BCUT2D eigenvalue weighted by atomic mass is 16.5. The SMILES string of the molecule is CCOC(=O)c1ccccc1NC(=O)NCc1ccc2c(c1)N(C(=O)c1ccc(C)cc1)CC2. The summed E-state index contributed by atoms with van der Waals surface area (Å²) >= 11 is 0. The van der Waals surface area contributed by atoms with Gasteiger partial charge in [0.15, 0.2) is 0 Å². The number of hydrogen-bond acceptors (Lipinski definition) is 4. The van der Waals surface area contributed by atoms with Crippen LogP contribution in [0.15, 0.2) is 66.7 Å². The van der Waals surface area contributed by atoms with Gasteiger partial charge in [-0.25, -0.2) is 9.59 Å². The number of aryl methyl sites for hydroxylation is 1. The van der Waals surface area contributed by atoms with Crippen molar-refractivity contribution in [3.05, 3.63) is 94.5 Å². The third-order valence-electron chi connectivity index (χ3n) is 5.71. The van der Waals surface area contributed by atoms with Crippen LogP contribution in [0, 0.1) is 6.92 Å². The number of nitrogens with zero attached hydrogens (tertiary/aromatic N) is 1. The van der Waals surface area contributed by atoms with E-state index >= 15 is 0 Å². The van der Waals surface area contributed by atoms with Gasteiger partial charge in [-0.1, -0.05) is 42.0 Å². The number of nitrogens with one attached hydrogen (secondary N) is 2. The summed E-state index contributed by atoms with van der Waals surface area (Å²) in [5.41, 5.74) is 5.28. The number of carbonyl (C=O) groups is 3. The highest BCUT2D eigenvalue weighted by molar-refractivity contribution is 6.07. The van der Waals surface area contributed by atoms with Crippen molar-refractivity contribution in [1.82, 2.24) is 5.32 Å². The molecule has 0 spiro atoms. The molecule has 0 fully saturated rings. The molecule has 0 bridgehead atoms. The molecule has 3 amide bonds. The van der Waals surface area contributed by atoms with Gasteiger partial charge in [0.25, 0.3) is 5.91 Å². The molecule has 0 aliphatic carbocycles. The van der Waals surface area contributed by atoms with E-state index in [-0.39, 0.29) is 19.1 Å². The van der Waals surface area contributed by atoms with Crippen LogP contribution in [0.5, 0.6) is 0 Å². The zero-order chi connectivity index (χ0) is 24.1. The molecule has 34 heavy (non-hydrogen) atoms. The van der Waals surface area contributed by atoms with Crippen LogP contribution in [0.25, 0.3) is 0 Å². The minimum atomic E-state index is -0.490. The summed E-state index contributed by atoms with van der Waals surface area (Å²) in [7, 11) is 0. The maximum Gasteiger partial charge on any atom is 0.340 e. The molecule has 7 heteroatoms. The van der Waals surface area contributed by atoms with Gasteiger partial charge in [-0.3, -0.25) is 4.79 Å². The molecule has 0 radical (unpaired) electrons. The highest BCUT2D eigenvalue weighted by Crippen LogP contribution is 2.30. The summed E-state index contributed by atoms with van der Waals surface area (Å²) in [4.78, 5) is 39.4. The number of benzene rings is 3. The lowest BCUT2D eigenvalue weighted by Crippen LogP contribution is -2.30. The first-order chi connectivity index (χ1) is 16.5. The first-order valence-corrected chi connectivity index (χ1v) is 11.3. The lowest BCUT2D eigenvalue weighted by Gasteiger charge is -2.18. The topological polar surface area (TPSA) is 87.7 Å². The van der Waals surface area contributed by atoms with Crippen LogP contribution in [-0.4, -0.2) is 31.1 Å². The number of hydrogen-bond donors (Lipinski definition) is 2. The number of anilines is 2. The second-order valence-electron chi connectivity index (χ2n) is 8.11. The van der Waals surface area contributed by atoms with Gasteiger partial charge < -0.3 is 20.3 Å².